The second kappa shape index (κ2) is 6.05. The van der Waals surface area contributed by atoms with Gasteiger partial charge in [-0.05, 0) is 33.1 Å². The average Bonchev–Trinajstić information content (AvgIpc) is 2.25. The van der Waals surface area contributed by atoms with Crippen molar-refractivity contribution in [1.82, 2.24) is 4.90 Å². The van der Waals surface area contributed by atoms with Gasteiger partial charge in [0, 0.05) is 18.7 Å². The number of anilines is 2. The molecule has 0 aromatic heterocycles. The molecular formula is C11H18N4O2. The van der Waals surface area contributed by atoms with E-state index in [1.165, 1.54) is 12.1 Å². The number of non-ortho nitro benzene ring substituents is 1. The molecule has 6 nitrogen and oxygen atoms in total. The van der Waals surface area contributed by atoms with Crippen LogP contribution in [0.4, 0.5) is 17.1 Å². The van der Waals surface area contributed by atoms with Gasteiger partial charge in [-0.15, -0.1) is 0 Å². The van der Waals surface area contributed by atoms with Crippen molar-refractivity contribution in [3.8, 4) is 0 Å². The Bertz CT molecular complexity index is 393. The third-order valence-corrected chi connectivity index (χ3v) is 2.34. The summed E-state index contributed by atoms with van der Waals surface area (Å²) in [6, 6.07) is 4.46. The average molecular weight is 238 g/mol. The Morgan fingerprint density at radius 2 is 2.18 bits per heavy atom. The van der Waals surface area contributed by atoms with Crippen molar-refractivity contribution in [3.05, 3.63) is 28.3 Å². The maximum atomic E-state index is 10.5. The molecule has 0 atom stereocenters. The summed E-state index contributed by atoms with van der Waals surface area (Å²) in [5.41, 5.74) is 6.89. The Labute approximate surface area is 101 Å². The fourth-order valence-electron chi connectivity index (χ4n) is 1.44. The van der Waals surface area contributed by atoms with Gasteiger partial charge in [-0.3, -0.25) is 10.1 Å². The van der Waals surface area contributed by atoms with Crippen molar-refractivity contribution in [2.75, 3.05) is 38.2 Å². The number of nitrogens with zero attached hydrogens (tertiary/aromatic N) is 2. The fourth-order valence-corrected chi connectivity index (χ4v) is 1.44. The smallest absolute Gasteiger partial charge is 0.271 e. The first-order chi connectivity index (χ1) is 8.00. The molecule has 94 valence electrons. The van der Waals surface area contributed by atoms with Gasteiger partial charge in [0.05, 0.1) is 16.3 Å². The summed E-state index contributed by atoms with van der Waals surface area (Å²) < 4.78 is 0. The molecule has 0 spiro atoms. The predicted octanol–water partition coefficient (Wildman–Crippen LogP) is 1.54. The number of nitrogens with two attached hydrogens (primary N) is 1. The lowest BCUT2D eigenvalue weighted by Gasteiger charge is -2.11. The third kappa shape index (κ3) is 4.28. The van der Waals surface area contributed by atoms with Crippen LogP contribution in [0, 0.1) is 10.1 Å². The molecule has 0 heterocycles. The van der Waals surface area contributed by atoms with E-state index in [0.29, 0.717) is 5.69 Å². The van der Waals surface area contributed by atoms with E-state index in [0.717, 1.165) is 25.2 Å². The van der Waals surface area contributed by atoms with Gasteiger partial charge < -0.3 is 16.0 Å². The van der Waals surface area contributed by atoms with Crippen LogP contribution >= 0.6 is 0 Å². The van der Waals surface area contributed by atoms with Gasteiger partial charge in [-0.1, -0.05) is 0 Å². The Balaban J connectivity index is 2.52. The van der Waals surface area contributed by atoms with Crippen LogP contribution in [0.15, 0.2) is 18.2 Å². The summed E-state index contributed by atoms with van der Waals surface area (Å²) in [6.07, 6.45) is 0.990. The molecule has 17 heavy (non-hydrogen) atoms. The summed E-state index contributed by atoms with van der Waals surface area (Å²) in [6.45, 7) is 1.78. The highest BCUT2D eigenvalue weighted by Crippen LogP contribution is 2.23. The van der Waals surface area contributed by atoms with Gasteiger partial charge >= 0.3 is 0 Å². The predicted molar refractivity (Wildman–Crippen MR) is 69.2 cm³/mol. The van der Waals surface area contributed by atoms with Gasteiger partial charge in [0.25, 0.3) is 5.69 Å². The zero-order valence-electron chi connectivity index (χ0n) is 10.1. The van der Waals surface area contributed by atoms with Crippen LogP contribution in [-0.2, 0) is 0 Å². The Hall–Kier alpha value is -1.82. The summed E-state index contributed by atoms with van der Waals surface area (Å²) >= 11 is 0. The summed E-state index contributed by atoms with van der Waals surface area (Å²) in [7, 11) is 4.03. The molecule has 6 heteroatoms. The van der Waals surface area contributed by atoms with Gasteiger partial charge in [-0.2, -0.15) is 0 Å². The van der Waals surface area contributed by atoms with E-state index < -0.39 is 4.92 Å². The number of benzene rings is 1. The summed E-state index contributed by atoms with van der Waals surface area (Å²) in [5, 5.41) is 13.7. The van der Waals surface area contributed by atoms with Crippen LogP contribution in [0.3, 0.4) is 0 Å². The largest absolute Gasteiger partial charge is 0.397 e. The second-order valence-electron chi connectivity index (χ2n) is 4.11. The van der Waals surface area contributed by atoms with Crippen LogP contribution < -0.4 is 11.1 Å². The van der Waals surface area contributed by atoms with Crippen LogP contribution in [0.5, 0.6) is 0 Å². The maximum absolute atomic E-state index is 10.5. The van der Waals surface area contributed by atoms with Crippen LogP contribution in [-0.4, -0.2) is 37.0 Å². The third-order valence-electron chi connectivity index (χ3n) is 2.34. The van der Waals surface area contributed by atoms with E-state index in [1.807, 2.05) is 14.1 Å². The minimum atomic E-state index is -0.452. The molecule has 3 N–H and O–H groups in total. The number of nitrogens with one attached hydrogen (secondary N) is 1. The molecule has 1 rings (SSSR count). The molecular weight excluding hydrogens is 220 g/mol. The normalized spacial score (nSPS) is 10.5. The zero-order chi connectivity index (χ0) is 12.8. The molecule has 1 aromatic rings. The van der Waals surface area contributed by atoms with E-state index in [9.17, 15) is 10.1 Å². The summed E-state index contributed by atoms with van der Waals surface area (Å²) in [5.74, 6) is 0. The van der Waals surface area contributed by atoms with Gasteiger partial charge in [-0.25, -0.2) is 0 Å². The number of nitrogen functional groups attached to an aromatic ring is 1. The highest BCUT2D eigenvalue weighted by atomic mass is 16.6. The number of nitro groups is 1. The standard InChI is InChI=1S/C11H18N4O2/c1-14(2)7-3-6-13-11-5-4-9(15(16)17)8-10(11)12/h4-5,8,13H,3,6-7,12H2,1-2H3. The Kier molecular flexibility index (Phi) is 4.71. The first-order valence-corrected chi connectivity index (χ1v) is 5.43. The fraction of sp³-hybridized carbons (Fsp3) is 0.455. The monoisotopic (exact) mass is 238 g/mol. The number of rotatable bonds is 6. The van der Waals surface area contributed by atoms with Crippen molar-refractivity contribution < 1.29 is 4.92 Å². The van der Waals surface area contributed by atoms with Crippen LogP contribution in [0.25, 0.3) is 0 Å². The minimum absolute atomic E-state index is 0.0151. The van der Waals surface area contributed by atoms with E-state index in [4.69, 9.17) is 5.73 Å². The quantitative estimate of drug-likeness (QED) is 0.340. The molecule has 0 saturated carbocycles. The number of hydrogen-bond donors (Lipinski definition) is 2. The highest BCUT2D eigenvalue weighted by Gasteiger charge is 2.07. The Morgan fingerprint density at radius 3 is 2.71 bits per heavy atom. The molecule has 0 unspecified atom stereocenters. The number of hydrogen-bond acceptors (Lipinski definition) is 5. The van der Waals surface area contributed by atoms with Crippen LogP contribution in [0.1, 0.15) is 6.42 Å². The lowest BCUT2D eigenvalue weighted by molar-refractivity contribution is -0.384. The highest BCUT2D eigenvalue weighted by molar-refractivity contribution is 5.69. The molecule has 0 amide bonds. The SMILES string of the molecule is CN(C)CCCNc1ccc([N+](=O)[O-])cc1N. The van der Waals surface area contributed by atoms with Crippen molar-refractivity contribution in [3.63, 3.8) is 0 Å². The Morgan fingerprint density at radius 1 is 1.47 bits per heavy atom. The van der Waals surface area contributed by atoms with Gasteiger partial charge in [0.1, 0.15) is 0 Å². The second-order valence-corrected chi connectivity index (χ2v) is 4.11. The molecule has 0 aliphatic heterocycles. The molecule has 0 fully saturated rings. The van der Waals surface area contributed by atoms with E-state index >= 15 is 0 Å². The molecule has 0 bridgehead atoms. The minimum Gasteiger partial charge on any atom is -0.397 e. The molecule has 0 saturated heterocycles. The van der Waals surface area contributed by atoms with Crippen molar-refractivity contribution in [2.45, 2.75) is 6.42 Å². The molecule has 0 aliphatic carbocycles. The molecule has 0 radical (unpaired) electrons. The first-order valence-electron chi connectivity index (χ1n) is 5.43. The zero-order valence-corrected chi connectivity index (χ0v) is 10.1. The van der Waals surface area contributed by atoms with E-state index in [1.54, 1.807) is 6.07 Å². The van der Waals surface area contributed by atoms with Crippen molar-refractivity contribution in [2.24, 2.45) is 0 Å². The summed E-state index contributed by atoms with van der Waals surface area (Å²) in [4.78, 5) is 12.2. The van der Waals surface area contributed by atoms with E-state index in [-0.39, 0.29) is 5.69 Å². The van der Waals surface area contributed by atoms with Crippen molar-refractivity contribution >= 4 is 17.1 Å². The molecule has 0 aliphatic rings. The lowest BCUT2D eigenvalue weighted by atomic mass is 10.2. The van der Waals surface area contributed by atoms with Gasteiger partial charge in [0.15, 0.2) is 0 Å². The maximum Gasteiger partial charge on any atom is 0.271 e. The van der Waals surface area contributed by atoms with Crippen LogP contribution in [0.2, 0.25) is 0 Å². The van der Waals surface area contributed by atoms with E-state index in [2.05, 4.69) is 10.2 Å². The number of nitro benzene ring substituents is 1. The lowest BCUT2D eigenvalue weighted by Crippen LogP contribution is -2.16. The molecule has 1 aromatic carbocycles. The van der Waals surface area contributed by atoms with Gasteiger partial charge in [0.2, 0.25) is 0 Å². The first kappa shape index (κ1) is 13.2. The van der Waals surface area contributed by atoms with Crippen molar-refractivity contribution in [1.29, 1.82) is 0 Å². The topological polar surface area (TPSA) is 84.4 Å².